The van der Waals surface area contributed by atoms with E-state index in [0.717, 1.165) is 39.1 Å². The van der Waals surface area contributed by atoms with E-state index in [-0.39, 0.29) is 5.54 Å². The molecule has 2 rings (SSSR count). The molecule has 2 atom stereocenters. The van der Waals surface area contributed by atoms with Crippen LogP contribution in [-0.2, 0) is 4.74 Å². The van der Waals surface area contributed by atoms with Gasteiger partial charge in [0, 0.05) is 44.4 Å². The third-order valence-corrected chi connectivity index (χ3v) is 4.68. The highest BCUT2D eigenvalue weighted by Gasteiger charge is 2.39. The van der Waals surface area contributed by atoms with Crippen LogP contribution in [0.3, 0.4) is 0 Å². The molecule has 0 aromatic rings. The highest BCUT2D eigenvalue weighted by atomic mass is 16.5. The second-order valence-electron chi connectivity index (χ2n) is 6.05. The number of nitrogens with two attached hydrogens (primary N) is 1. The summed E-state index contributed by atoms with van der Waals surface area (Å²) in [5.41, 5.74) is 6.36. The lowest BCUT2D eigenvalue weighted by Crippen LogP contribution is -2.58. The largest absolute Gasteiger partial charge is 0.381 e. The molecular weight excluding hydrogens is 226 g/mol. The molecule has 2 saturated heterocycles. The molecule has 0 aromatic heterocycles. The van der Waals surface area contributed by atoms with Crippen molar-refractivity contribution in [2.45, 2.75) is 44.2 Å². The number of hydrogen-bond acceptors (Lipinski definition) is 4. The van der Waals surface area contributed by atoms with Crippen LogP contribution in [0.4, 0.5) is 0 Å². The summed E-state index contributed by atoms with van der Waals surface area (Å²) in [5, 5.41) is 0. The number of nitrogens with zero attached hydrogens (tertiary/aromatic N) is 2. The summed E-state index contributed by atoms with van der Waals surface area (Å²) < 4.78 is 5.64. The lowest BCUT2D eigenvalue weighted by Gasteiger charge is -2.45. The van der Waals surface area contributed by atoms with Crippen molar-refractivity contribution < 1.29 is 4.74 Å². The van der Waals surface area contributed by atoms with Crippen molar-refractivity contribution in [3.05, 3.63) is 0 Å². The second-order valence-corrected chi connectivity index (χ2v) is 6.05. The van der Waals surface area contributed by atoms with Gasteiger partial charge in [-0.1, -0.05) is 0 Å². The molecule has 0 saturated carbocycles. The predicted octanol–water partition coefficient (Wildman–Crippen LogP) is 0.910. The Labute approximate surface area is 111 Å². The maximum absolute atomic E-state index is 6.18. The summed E-state index contributed by atoms with van der Waals surface area (Å²) in [4.78, 5) is 5.13. The standard InChI is InChI=1S/C14H29N3O/c1-13-11-16(2)7-4-8-17(13)14(12-15)5-3-9-18-10-6-14/h13H,3-12,15H2,1-2H3. The normalized spacial score (nSPS) is 37.2. The third-order valence-electron chi connectivity index (χ3n) is 4.68. The molecule has 2 aliphatic rings. The van der Waals surface area contributed by atoms with E-state index in [2.05, 4.69) is 23.8 Å². The number of hydrogen-bond donors (Lipinski definition) is 1. The monoisotopic (exact) mass is 255 g/mol. The van der Waals surface area contributed by atoms with Gasteiger partial charge < -0.3 is 15.4 Å². The summed E-state index contributed by atoms with van der Waals surface area (Å²) in [6.07, 6.45) is 4.69. The van der Waals surface area contributed by atoms with Crippen molar-refractivity contribution in [1.82, 2.24) is 9.80 Å². The number of likely N-dealkylation sites (N-methyl/N-ethyl adjacent to an activating group) is 1. The van der Waals surface area contributed by atoms with Gasteiger partial charge in [-0.05, 0) is 46.2 Å². The van der Waals surface area contributed by atoms with Gasteiger partial charge in [-0.15, -0.1) is 0 Å². The molecule has 0 aromatic carbocycles. The molecule has 0 amide bonds. The number of ether oxygens (including phenoxy) is 1. The van der Waals surface area contributed by atoms with Crippen LogP contribution in [0, 0.1) is 0 Å². The fourth-order valence-corrected chi connectivity index (χ4v) is 3.68. The van der Waals surface area contributed by atoms with Crippen LogP contribution in [0.15, 0.2) is 0 Å². The number of rotatable bonds is 2. The summed E-state index contributed by atoms with van der Waals surface area (Å²) >= 11 is 0. The van der Waals surface area contributed by atoms with Gasteiger partial charge in [0.15, 0.2) is 0 Å². The molecule has 106 valence electrons. The van der Waals surface area contributed by atoms with Gasteiger partial charge in [-0.25, -0.2) is 0 Å². The van der Waals surface area contributed by atoms with Crippen molar-refractivity contribution in [2.24, 2.45) is 5.73 Å². The van der Waals surface area contributed by atoms with Crippen molar-refractivity contribution in [3.8, 4) is 0 Å². The molecule has 18 heavy (non-hydrogen) atoms. The van der Waals surface area contributed by atoms with E-state index in [0.29, 0.717) is 6.04 Å². The van der Waals surface area contributed by atoms with E-state index in [9.17, 15) is 0 Å². The molecule has 4 nitrogen and oxygen atoms in total. The average Bonchev–Trinajstić information content (AvgIpc) is 2.68. The van der Waals surface area contributed by atoms with Crippen molar-refractivity contribution in [3.63, 3.8) is 0 Å². The minimum atomic E-state index is 0.182. The van der Waals surface area contributed by atoms with Gasteiger partial charge >= 0.3 is 0 Å². The Hall–Kier alpha value is -0.160. The quantitative estimate of drug-likeness (QED) is 0.796. The van der Waals surface area contributed by atoms with Crippen LogP contribution in [0.1, 0.15) is 32.6 Å². The van der Waals surface area contributed by atoms with Gasteiger partial charge in [0.05, 0.1) is 0 Å². The van der Waals surface area contributed by atoms with Gasteiger partial charge in [0.1, 0.15) is 0 Å². The first-order chi connectivity index (χ1) is 8.68. The van der Waals surface area contributed by atoms with Gasteiger partial charge in [-0.3, -0.25) is 4.90 Å². The second kappa shape index (κ2) is 6.33. The highest BCUT2D eigenvalue weighted by Crippen LogP contribution is 2.30. The fourth-order valence-electron chi connectivity index (χ4n) is 3.68. The van der Waals surface area contributed by atoms with E-state index in [1.807, 2.05) is 0 Å². The summed E-state index contributed by atoms with van der Waals surface area (Å²) in [5.74, 6) is 0. The molecule has 2 N–H and O–H groups in total. The maximum Gasteiger partial charge on any atom is 0.0484 e. The SMILES string of the molecule is CC1CN(C)CCCN1C1(CN)CCCOCC1. The molecule has 0 spiro atoms. The Morgan fingerprint density at radius 1 is 1.22 bits per heavy atom. The van der Waals surface area contributed by atoms with Gasteiger partial charge in [0.2, 0.25) is 0 Å². The Kier molecular flexibility index (Phi) is 5.01. The zero-order valence-corrected chi connectivity index (χ0v) is 12.0. The molecule has 0 bridgehead atoms. The van der Waals surface area contributed by atoms with Crippen LogP contribution in [-0.4, -0.2) is 67.8 Å². The smallest absolute Gasteiger partial charge is 0.0484 e. The molecule has 0 radical (unpaired) electrons. The van der Waals surface area contributed by atoms with Crippen LogP contribution < -0.4 is 5.73 Å². The summed E-state index contributed by atoms with van der Waals surface area (Å²) in [6, 6.07) is 0.596. The van der Waals surface area contributed by atoms with Crippen molar-refractivity contribution in [1.29, 1.82) is 0 Å². The first-order valence-corrected chi connectivity index (χ1v) is 7.41. The molecular formula is C14H29N3O. The first kappa shape index (κ1) is 14.3. The van der Waals surface area contributed by atoms with Crippen LogP contribution in [0.5, 0.6) is 0 Å². The Bertz CT molecular complexity index is 251. The average molecular weight is 255 g/mol. The van der Waals surface area contributed by atoms with E-state index in [1.165, 1.54) is 25.9 Å². The Morgan fingerprint density at radius 3 is 2.83 bits per heavy atom. The van der Waals surface area contributed by atoms with E-state index in [1.54, 1.807) is 0 Å². The van der Waals surface area contributed by atoms with Gasteiger partial charge in [0.25, 0.3) is 0 Å². The van der Waals surface area contributed by atoms with Crippen LogP contribution >= 0.6 is 0 Å². The fraction of sp³-hybridized carbons (Fsp3) is 1.00. The molecule has 4 heteroatoms. The first-order valence-electron chi connectivity index (χ1n) is 7.41. The third kappa shape index (κ3) is 3.05. The van der Waals surface area contributed by atoms with Gasteiger partial charge in [-0.2, -0.15) is 0 Å². The molecule has 2 aliphatic heterocycles. The van der Waals surface area contributed by atoms with Crippen molar-refractivity contribution >= 4 is 0 Å². The van der Waals surface area contributed by atoms with E-state index >= 15 is 0 Å². The summed E-state index contributed by atoms with van der Waals surface area (Å²) in [6.45, 7) is 8.44. The molecule has 2 fully saturated rings. The lowest BCUT2D eigenvalue weighted by molar-refractivity contribution is 0.0374. The van der Waals surface area contributed by atoms with Crippen LogP contribution in [0.2, 0.25) is 0 Å². The Balaban J connectivity index is 2.13. The minimum Gasteiger partial charge on any atom is -0.381 e. The molecule has 2 heterocycles. The minimum absolute atomic E-state index is 0.182. The lowest BCUT2D eigenvalue weighted by atomic mass is 9.87. The zero-order chi connectivity index (χ0) is 13.0. The van der Waals surface area contributed by atoms with Crippen LogP contribution in [0.25, 0.3) is 0 Å². The Morgan fingerprint density at radius 2 is 2.06 bits per heavy atom. The van der Waals surface area contributed by atoms with E-state index < -0.39 is 0 Å². The van der Waals surface area contributed by atoms with Crippen molar-refractivity contribution in [2.75, 3.05) is 46.4 Å². The topological polar surface area (TPSA) is 41.7 Å². The van der Waals surface area contributed by atoms with E-state index in [4.69, 9.17) is 10.5 Å². The maximum atomic E-state index is 6.18. The zero-order valence-electron chi connectivity index (χ0n) is 12.0. The summed E-state index contributed by atoms with van der Waals surface area (Å²) in [7, 11) is 2.23. The molecule has 0 aliphatic carbocycles. The molecule has 2 unspecified atom stereocenters. The predicted molar refractivity (Wildman–Crippen MR) is 74.7 cm³/mol. The highest BCUT2D eigenvalue weighted by molar-refractivity contribution is 4.96.